The number of esters is 1. The highest BCUT2D eigenvalue weighted by Gasteiger charge is 2.76. The average Bonchev–Trinajstić information content (AvgIpc) is 3.22. The van der Waals surface area contributed by atoms with Crippen LogP contribution in [0.1, 0.15) is 13.3 Å². The zero-order chi connectivity index (χ0) is 20.0. The van der Waals surface area contributed by atoms with Gasteiger partial charge in [0.25, 0.3) is 0 Å². The lowest BCUT2D eigenvalue weighted by molar-refractivity contribution is -0.149. The Kier molecular flexibility index (Phi) is 4.62. The number of carbonyl (C=O) groups is 1. The first kappa shape index (κ1) is 18.7. The second-order valence-corrected chi connectivity index (χ2v) is 9.14. The molecule has 0 saturated carbocycles. The lowest BCUT2D eigenvalue weighted by Crippen LogP contribution is -2.32. The average molecular weight is 415 g/mol. The van der Waals surface area contributed by atoms with E-state index in [1.165, 1.54) is 0 Å². The topological polar surface area (TPSA) is 74.1 Å². The van der Waals surface area contributed by atoms with E-state index >= 15 is 0 Å². The molecular weight excluding hydrogens is 393 g/mol. The minimum Gasteiger partial charge on any atom is -0.466 e. The van der Waals surface area contributed by atoms with E-state index in [1.807, 2.05) is 36.4 Å². The number of fused-ring (bicyclic) bond motifs is 5. The van der Waals surface area contributed by atoms with Gasteiger partial charge in [-0.1, -0.05) is 36.4 Å². The summed E-state index contributed by atoms with van der Waals surface area (Å²) in [6, 6.07) is 17.7. The van der Waals surface area contributed by atoms with E-state index in [2.05, 4.69) is 0 Å². The molecule has 3 aliphatic heterocycles. The molecule has 6 atom stereocenters. The quantitative estimate of drug-likeness (QED) is 0.388. The van der Waals surface area contributed by atoms with Gasteiger partial charge in [-0.15, -0.1) is 0 Å². The molecule has 7 nitrogen and oxygen atoms in total. The predicted octanol–water partition coefficient (Wildman–Crippen LogP) is 3.66. The molecule has 0 spiro atoms. The van der Waals surface area contributed by atoms with Crippen LogP contribution in [0.5, 0.6) is 11.5 Å². The van der Waals surface area contributed by atoms with Crippen LogP contribution in [0.4, 0.5) is 0 Å². The first-order chi connectivity index (χ1) is 14.1. The van der Waals surface area contributed by atoms with E-state index < -0.39 is 7.75 Å². The minimum absolute atomic E-state index is 0.0797. The number of ether oxygens (including phenoxy) is 2. The Labute approximate surface area is 169 Å². The van der Waals surface area contributed by atoms with Crippen LogP contribution in [0.15, 0.2) is 60.7 Å². The SMILES string of the molecule is CCOC(=O)[C@@H]1C[C@@H]2O[C@H]1[C@H]1[C@@H]2N1P(=O)(Oc1ccccc1)Oc1ccccc1. The maximum atomic E-state index is 14.0. The smallest absolute Gasteiger partial charge is 0.466 e. The molecule has 29 heavy (non-hydrogen) atoms. The van der Waals surface area contributed by atoms with Crippen LogP contribution in [0.2, 0.25) is 0 Å². The zero-order valence-electron chi connectivity index (χ0n) is 15.9. The molecule has 0 N–H and O–H groups in total. The van der Waals surface area contributed by atoms with Crippen molar-refractivity contribution in [2.24, 2.45) is 5.92 Å². The van der Waals surface area contributed by atoms with Crippen LogP contribution in [-0.4, -0.2) is 41.5 Å². The highest BCUT2D eigenvalue weighted by Crippen LogP contribution is 2.68. The van der Waals surface area contributed by atoms with Crippen molar-refractivity contribution in [1.29, 1.82) is 0 Å². The van der Waals surface area contributed by atoms with Gasteiger partial charge in [0.05, 0.1) is 36.8 Å². The molecule has 0 amide bonds. The van der Waals surface area contributed by atoms with Crippen molar-refractivity contribution in [3.63, 3.8) is 0 Å². The van der Waals surface area contributed by atoms with Gasteiger partial charge in [-0.3, -0.25) is 4.79 Å². The van der Waals surface area contributed by atoms with E-state index in [4.69, 9.17) is 18.5 Å². The van der Waals surface area contributed by atoms with Gasteiger partial charge < -0.3 is 18.5 Å². The lowest BCUT2D eigenvalue weighted by atomic mass is 9.89. The number of hydrogen-bond donors (Lipinski definition) is 0. The molecular formula is C21H22NO6P. The maximum Gasteiger partial charge on any atom is 0.516 e. The Morgan fingerprint density at radius 3 is 2.17 bits per heavy atom. The minimum atomic E-state index is -3.71. The van der Waals surface area contributed by atoms with Crippen molar-refractivity contribution in [1.82, 2.24) is 4.67 Å². The fourth-order valence-corrected chi connectivity index (χ4v) is 6.56. The number of nitrogens with zero attached hydrogens (tertiary/aromatic N) is 1. The van der Waals surface area contributed by atoms with Crippen molar-refractivity contribution in [3.05, 3.63) is 60.7 Å². The number of rotatable bonds is 7. The van der Waals surface area contributed by atoms with Gasteiger partial charge >= 0.3 is 13.7 Å². The maximum absolute atomic E-state index is 14.0. The van der Waals surface area contributed by atoms with E-state index in [-0.39, 0.29) is 36.2 Å². The van der Waals surface area contributed by atoms with Crippen LogP contribution in [0.3, 0.4) is 0 Å². The first-order valence-corrected chi connectivity index (χ1v) is 11.3. The Morgan fingerprint density at radius 2 is 1.62 bits per heavy atom. The number of benzene rings is 2. The van der Waals surface area contributed by atoms with Gasteiger partial charge in [-0.2, -0.15) is 4.67 Å². The Hall–Kier alpha value is -2.34. The number of morpholine rings is 1. The van der Waals surface area contributed by atoms with Crippen LogP contribution in [-0.2, 0) is 18.8 Å². The van der Waals surface area contributed by atoms with Gasteiger partial charge in [0, 0.05) is 0 Å². The Morgan fingerprint density at radius 1 is 1.03 bits per heavy atom. The molecule has 5 rings (SSSR count). The van der Waals surface area contributed by atoms with E-state index in [1.54, 1.807) is 35.9 Å². The molecule has 3 saturated heterocycles. The molecule has 1 unspecified atom stereocenters. The summed E-state index contributed by atoms with van der Waals surface area (Å²) >= 11 is 0. The molecule has 152 valence electrons. The largest absolute Gasteiger partial charge is 0.516 e. The van der Waals surface area contributed by atoms with Gasteiger partial charge in [-0.05, 0) is 37.6 Å². The summed E-state index contributed by atoms with van der Waals surface area (Å²) < 4.78 is 38.7. The summed E-state index contributed by atoms with van der Waals surface area (Å²) in [6.45, 7) is 2.12. The van der Waals surface area contributed by atoms with Gasteiger partial charge in [0.15, 0.2) is 0 Å². The summed E-state index contributed by atoms with van der Waals surface area (Å²) in [4.78, 5) is 12.3. The molecule has 0 aromatic heterocycles. The summed E-state index contributed by atoms with van der Waals surface area (Å²) in [5.74, 6) is 0.333. The second-order valence-electron chi connectivity index (χ2n) is 7.37. The van der Waals surface area contributed by atoms with Crippen molar-refractivity contribution < 1.29 is 27.9 Å². The summed E-state index contributed by atoms with van der Waals surface area (Å²) in [7, 11) is -3.71. The molecule has 2 bridgehead atoms. The Bertz CT molecular complexity index is 893. The van der Waals surface area contributed by atoms with Crippen molar-refractivity contribution in [2.75, 3.05) is 6.61 Å². The zero-order valence-corrected chi connectivity index (χ0v) is 16.8. The summed E-state index contributed by atoms with van der Waals surface area (Å²) in [6.07, 6.45) is 0.0419. The van der Waals surface area contributed by atoms with Gasteiger partial charge in [0.2, 0.25) is 0 Å². The van der Waals surface area contributed by atoms with Crippen LogP contribution >= 0.6 is 7.75 Å². The Balaban J connectivity index is 1.41. The van der Waals surface area contributed by atoms with Crippen molar-refractivity contribution >= 4 is 13.7 Å². The standard InChI is InChI=1S/C21H22NO6P/c1-2-25-21(23)16-13-17-18-19(20(16)26-17)22(18)29(24,27-14-9-5-3-6-10-14)28-15-11-7-4-8-12-15/h3-12,16-20H,2,13H2,1H3/t16-,17+,18-,19-,20-,22?/m1/s1. The monoisotopic (exact) mass is 415 g/mol. The van der Waals surface area contributed by atoms with Crippen molar-refractivity contribution in [3.8, 4) is 11.5 Å². The molecule has 8 heteroatoms. The molecule has 2 aromatic rings. The van der Waals surface area contributed by atoms with Gasteiger partial charge in [0.1, 0.15) is 11.5 Å². The third kappa shape index (κ3) is 3.23. The lowest BCUT2D eigenvalue weighted by Gasteiger charge is -2.24. The number of carbonyl (C=O) groups excluding carboxylic acids is 1. The van der Waals surface area contributed by atoms with Crippen molar-refractivity contribution in [2.45, 2.75) is 37.6 Å². The van der Waals surface area contributed by atoms with E-state index in [0.29, 0.717) is 24.5 Å². The summed E-state index contributed by atoms with van der Waals surface area (Å²) in [5.41, 5.74) is 0. The normalized spacial score (nSPS) is 31.8. The molecule has 2 aromatic carbocycles. The first-order valence-electron chi connectivity index (χ1n) is 9.81. The van der Waals surface area contributed by atoms with E-state index in [0.717, 1.165) is 0 Å². The molecule has 0 radical (unpaired) electrons. The molecule has 3 fully saturated rings. The number of hydrogen-bond acceptors (Lipinski definition) is 6. The van der Waals surface area contributed by atoms with Crippen LogP contribution in [0.25, 0.3) is 0 Å². The summed E-state index contributed by atoms with van der Waals surface area (Å²) in [5, 5.41) is 0. The fraction of sp³-hybridized carbons (Fsp3) is 0.381. The molecule has 3 aliphatic rings. The highest BCUT2D eigenvalue weighted by molar-refractivity contribution is 7.52. The van der Waals surface area contributed by atoms with Crippen LogP contribution in [0, 0.1) is 5.92 Å². The highest BCUT2D eigenvalue weighted by atomic mass is 31.2. The predicted molar refractivity (Wildman–Crippen MR) is 105 cm³/mol. The van der Waals surface area contributed by atoms with E-state index in [9.17, 15) is 9.36 Å². The fourth-order valence-electron chi connectivity index (χ4n) is 4.41. The number of para-hydroxylation sites is 2. The third-order valence-electron chi connectivity index (χ3n) is 5.60. The van der Waals surface area contributed by atoms with Crippen LogP contribution < -0.4 is 9.05 Å². The molecule has 3 heterocycles. The third-order valence-corrected chi connectivity index (χ3v) is 7.59. The second kappa shape index (κ2) is 7.17. The molecule has 0 aliphatic carbocycles. The van der Waals surface area contributed by atoms with Gasteiger partial charge in [-0.25, -0.2) is 4.57 Å².